The number of hydrogen-bond acceptors (Lipinski definition) is 0. The van der Waals surface area contributed by atoms with Crippen molar-refractivity contribution in [1.29, 1.82) is 0 Å². The molecule has 10 heavy (non-hydrogen) atoms. The molecular weight excluding hydrogens is 171 g/mol. The highest BCUT2D eigenvalue weighted by Crippen LogP contribution is 2.30. The molecule has 1 aromatic carbocycles. The van der Waals surface area contributed by atoms with Crippen molar-refractivity contribution in [1.82, 2.24) is 11.5 Å². The maximum absolute atomic E-state index is 7.13. The van der Waals surface area contributed by atoms with Crippen molar-refractivity contribution in [3.8, 4) is 0 Å². The largest absolute Gasteiger partial charge is 0.299 e. The van der Waals surface area contributed by atoms with Crippen LogP contribution in [0.2, 0.25) is 10.0 Å². The van der Waals surface area contributed by atoms with E-state index in [2.05, 4.69) is 0 Å². The van der Waals surface area contributed by atoms with E-state index in [0.29, 0.717) is 10.0 Å². The molecule has 0 aromatic heterocycles. The molecule has 4 heteroatoms. The quantitative estimate of drug-likeness (QED) is 0.581. The van der Waals surface area contributed by atoms with E-state index in [1.54, 1.807) is 0 Å². The Bertz CT molecular complexity index is 210. The molecule has 0 atom stereocenters. The van der Waals surface area contributed by atoms with Gasteiger partial charge in [-0.1, -0.05) is 23.2 Å². The highest BCUT2D eigenvalue weighted by atomic mass is 35.5. The number of rotatable bonds is 0. The van der Waals surface area contributed by atoms with Crippen LogP contribution in [-0.4, -0.2) is 0 Å². The van der Waals surface area contributed by atoms with Crippen molar-refractivity contribution in [3.05, 3.63) is 22.2 Å². The minimum atomic E-state index is 0.0920. The molecule has 2 N–H and O–H groups in total. The summed E-state index contributed by atoms with van der Waals surface area (Å²) in [5.41, 5.74) is 14.4. The lowest BCUT2D eigenvalue weighted by Crippen LogP contribution is -1.76. The number of halogens is 2. The minimum absolute atomic E-state index is 0.0920. The third-order valence-corrected chi connectivity index (χ3v) is 1.78. The zero-order valence-corrected chi connectivity index (χ0v) is 6.42. The number of hydrogen-bond donors (Lipinski definition) is 0. The van der Waals surface area contributed by atoms with E-state index in [0.717, 1.165) is 0 Å². The van der Waals surface area contributed by atoms with E-state index >= 15 is 0 Å². The van der Waals surface area contributed by atoms with E-state index in [-0.39, 0.29) is 11.4 Å². The van der Waals surface area contributed by atoms with E-state index in [4.69, 9.17) is 34.7 Å². The van der Waals surface area contributed by atoms with Crippen LogP contribution in [0.1, 0.15) is 0 Å². The lowest BCUT2D eigenvalue weighted by molar-refractivity contribution is 1.40. The van der Waals surface area contributed by atoms with Gasteiger partial charge in [-0.2, -0.15) is 0 Å². The summed E-state index contributed by atoms with van der Waals surface area (Å²) >= 11 is 11.1. The Morgan fingerprint density at radius 2 is 1.20 bits per heavy atom. The first-order valence-corrected chi connectivity index (χ1v) is 3.29. The van der Waals surface area contributed by atoms with Gasteiger partial charge in [-0.3, -0.25) is 11.5 Å². The van der Waals surface area contributed by atoms with Crippen LogP contribution in [0.4, 0.5) is 11.4 Å². The lowest BCUT2D eigenvalue weighted by Gasteiger charge is -1.98. The molecule has 0 aliphatic heterocycles. The molecule has 0 aliphatic rings. The van der Waals surface area contributed by atoms with E-state index in [1.807, 2.05) is 0 Å². The van der Waals surface area contributed by atoms with E-state index in [1.165, 1.54) is 12.1 Å². The van der Waals surface area contributed by atoms with Crippen LogP contribution in [0.25, 0.3) is 0 Å². The molecule has 0 bridgehead atoms. The molecule has 2 nitrogen and oxygen atoms in total. The monoisotopic (exact) mass is 174 g/mol. The molecule has 0 unspecified atom stereocenters. The van der Waals surface area contributed by atoms with Crippen LogP contribution in [0.15, 0.2) is 12.1 Å². The summed E-state index contributed by atoms with van der Waals surface area (Å²) in [6, 6.07) is 2.71. The summed E-state index contributed by atoms with van der Waals surface area (Å²) in [6.45, 7) is 0. The van der Waals surface area contributed by atoms with Gasteiger partial charge in [-0.15, -0.1) is 0 Å². The second-order valence-corrected chi connectivity index (χ2v) is 2.63. The topological polar surface area (TPSA) is 47.6 Å². The number of nitrogens with one attached hydrogen (secondary N) is 2. The average Bonchev–Trinajstić information content (AvgIpc) is 1.84. The first kappa shape index (κ1) is 7.51. The molecule has 0 saturated heterocycles. The maximum Gasteiger partial charge on any atom is 0.0805 e. The zero-order valence-electron chi connectivity index (χ0n) is 4.91. The highest BCUT2D eigenvalue weighted by Gasteiger charge is 2.01. The lowest BCUT2D eigenvalue weighted by atomic mass is 10.3. The SMILES string of the molecule is [NH]c1cc(Cl)c(Cl)cc1[NH]. The molecule has 0 saturated carbocycles. The summed E-state index contributed by atoms with van der Waals surface area (Å²) in [5, 5.41) is 0.644. The molecular formula is C6H4Cl2N2. The second-order valence-electron chi connectivity index (χ2n) is 1.81. The Morgan fingerprint density at radius 3 is 1.50 bits per heavy atom. The summed E-state index contributed by atoms with van der Waals surface area (Å²) in [6.07, 6.45) is 0. The van der Waals surface area contributed by atoms with Crippen molar-refractivity contribution in [3.63, 3.8) is 0 Å². The van der Waals surface area contributed by atoms with Crippen LogP contribution in [0.5, 0.6) is 0 Å². The molecule has 1 aromatic rings. The highest BCUT2D eigenvalue weighted by molar-refractivity contribution is 6.42. The summed E-state index contributed by atoms with van der Waals surface area (Å²) < 4.78 is 0. The molecule has 2 radical (unpaired) electrons. The fourth-order valence-corrected chi connectivity index (χ4v) is 0.874. The van der Waals surface area contributed by atoms with Crippen LogP contribution in [0.3, 0.4) is 0 Å². The van der Waals surface area contributed by atoms with Gasteiger partial charge in [0.05, 0.1) is 21.4 Å². The van der Waals surface area contributed by atoms with Crippen molar-refractivity contribution in [2.45, 2.75) is 0 Å². The first-order valence-electron chi connectivity index (χ1n) is 2.53. The third kappa shape index (κ3) is 1.28. The number of benzene rings is 1. The standard InChI is InChI=1S/C6H4Cl2N2/c7-3-1-5(9)6(10)2-4(3)8/h1-2,9-10H. The molecule has 0 aliphatic carbocycles. The van der Waals surface area contributed by atoms with Crippen molar-refractivity contribution >= 4 is 34.6 Å². The van der Waals surface area contributed by atoms with Crippen LogP contribution in [0, 0.1) is 0 Å². The molecule has 0 spiro atoms. The van der Waals surface area contributed by atoms with Crippen molar-refractivity contribution in [2.75, 3.05) is 0 Å². The van der Waals surface area contributed by atoms with Gasteiger partial charge in [0, 0.05) is 0 Å². The van der Waals surface area contributed by atoms with Gasteiger partial charge >= 0.3 is 0 Å². The predicted molar refractivity (Wildman–Crippen MR) is 42.0 cm³/mol. The average molecular weight is 175 g/mol. The fraction of sp³-hybridized carbons (Fsp3) is 0. The molecule has 0 fully saturated rings. The Labute approximate surface area is 68.7 Å². The van der Waals surface area contributed by atoms with Gasteiger partial charge < -0.3 is 0 Å². The van der Waals surface area contributed by atoms with Crippen LogP contribution < -0.4 is 11.5 Å². The Kier molecular flexibility index (Phi) is 1.92. The van der Waals surface area contributed by atoms with Gasteiger partial charge in [0.15, 0.2) is 0 Å². The normalized spacial score (nSPS) is 9.80. The van der Waals surface area contributed by atoms with Crippen LogP contribution >= 0.6 is 23.2 Å². The summed E-state index contributed by atoms with van der Waals surface area (Å²) in [4.78, 5) is 0. The molecule has 0 amide bonds. The summed E-state index contributed by atoms with van der Waals surface area (Å²) in [5.74, 6) is 0. The maximum atomic E-state index is 7.13. The van der Waals surface area contributed by atoms with Gasteiger partial charge in [-0.25, -0.2) is 0 Å². The predicted octanol–water partition coefficient (Wildman–Crippen LogP) is 2.82. The van der Waals surface area contributed by atoms with Crippen LogP contribution in [-0.2, 0) is 0 Å². The Hall–Kier alpha value is -0.600. The Morgan fingerprint density at radius 1 is 0.900 bits per heavy atom. The second kappa shape index (κ2) is 2.56. The molecule has 1 rings (SSSR count). The van der Waals surface area contributed by atoms with E-state index in [9.17, 15) is 0 Å². The Balaban J connectivity index is 3.28. The van der Waals surface area contributed by atoms with Crippen molar-refractivity contribution in [2.24, 2.45) is 0 Å². The van der Waals surface area contributed by atoms with Gasteiger partial charge in [-0.05, 0) is 12.1 Å². The zero-order chi connectivity index (χ0) is 7.72. The van der Waals surface area contributed by atoms with Crippen molar-refractivity contribution < 1.29 is 0 Å². The molecule has 0 heterocycles. The summed E-state index contributed by atoms with van der Waals surface area (Å²) in [7, 11) is 0. The molecule has 52 valence electrons. The van der Waals surface area contributed by atoms with Gasteiger partial charge in [0.25, 0.3) is 0 Å². The fourth-order valence-electron chi connectivity index (χ4n) is 0.547. The van der Waals surface area contributed by atoms with Gasteiger partial charge in [0.2, 0.25) is 0 Å². The third-order valence-electron chi connectivity index (χ3n) is 1.06. The smallest absolute Gasteiger partial charge is 0.0805 e. The first-order chi connectivity index (χ1) is 4.61. The van der Waals surface area contributed by atoms with Gasteiger partial charge in [0.1, 0.15) is 0 Å². The van der Waals surface area contributed by atoms with E-state index < -0.39 is 0 Å². The minimum Gasteiger partial charge on any atom is -0.299 e.